The van der Waals surface area contributed by atoms with E-state index in [1.807, 2.05) is 39.8 Å². The number of piperidine rings is 1. The van der Waals surface area contributed by atoms with Gasteiger partial charge in [-0.05, 0) is 63.8 Å². The van der Waals surface area contributed by atoms with Gasteiger partial charge in [-0.2, -0.15) is 4.37 Å². The SMILES string of the molecule is Cc1cc(NC(=O)N[C@@H]2CCN(C(=O)OC(C)(C)C)C[C@H]2c2ccc(Cl)cn2)sn1. The zero-order chi connectivity index (χ0) is 21.9. The third-order valence-corrected chi connectivity index (χ3v) is 5.60. The highest BCUT2D eigenvalue weighted by molar-refractivity contribution is 7.10. The van der Waals surface area contributed by atoms with Crippen LogP contribution in [0.2, 0.25) is 5.02 Å². The first kappa shape index (κ1) is 22.3. The summed E-state index contributed by atoms with van der Waals surface area (Å²) in [6.07, 6.45) is 1.77. The Balaban J connectivity index is 1.73. The molecule has 10 heteroatoms. The van der Waals surface area contributed by atoms with Crippen molar-refractivity contribution >= 4 is 40.3 Å². The smallest absolute Gasteiger partial charge is 0.410 e. The molecule has 0 aliphatic carbocycles. The lowest BCUT2D eigenvalue weighted by atomic mass is 9.89. The molecule has 3 rings (SSSR count). The van der Waals surface area contributed by atoms with Crippen molar-refractivity contribution in [1.29, 1.82) is 0 Å². The van der Waals surface area contributed by atoms with Gasteiger partial charge in [-0.25, -0.2) is 9.59 Å². The molecule has 0 aromatic carbocycles. The van der Waals surface area contributed by atoms with Gasteiger partial charge in [0.05, 0.1) is 10.7 Å². The molecule has 162 valence electrons. The number of urea groups is 1. The molecule has 0 saturated carbocycles. The molecule has 3 amide bonds. The van der Waals surface area contributed by atoms with Crippen molar-refractivity contribution in [2.24, 2.45) is 0 Å². The maximum atomic E-state index is 12.6. The Bertz CT molecular complexity index is 897. The van der Waals surface area contributed by atoms with Crippen molar-refractivity contribution in [1.82, 2.24) is 19.6 Å². The third-order valence-electron chi connectivity index (χ3n) is 4.58. The summed E-state index contributed by atoms with van der Waals surface area (Å²) in [6, 6.07) is 4.88. The molecular weight excluding hydrogens is 426 g/mol. The number of nitrogens with one attached hydrogen (secondary N) is 2. The molecule has 2 atom stereocenters. The van der Waals surface area contributed by atoms with Crippen molar-refractivity contribution in [3.8, 4) is 0 Å². The number of likely N-dealkylation sites (tertiary alicyclic amines) is 1. The molecule has 30 heavy (non-hydrogen) atoms. The number of carbonyl (C=O) groups is 2. The topological polar surface area (TPSA) is 96.5 Å². The molecule has 0 spiro atoms. The number of ether oxygens (including phenoxy) is 1. The van der Waals surface area contributed by atoms with Crippen molar-refractivity contribution in [2.45, 2.75) is 51.7 Å². The number of aromatic nitrogens is 2. The molecule has 8 nitrogen and oxygen atoms in total. The lowest BCUT2D eigenvalue weighted by Gasteiger charge is -2.39. The van der Waals surface area contributed by atoms with E-state index in [9.17, 15) is 9.59 Å². The Morgan fingerprint density at radius 1 is 1.33 bits per heavy atom. The number of amides is 3. The van der Waals surface area contributed by atoms with Gasteiger partial charge in [0, 0.05) is 36.9 Å². The van der Waals surface area contributed by atoms with Gasteiger partial charge < -0.3 is 15.0 Å². The van der Waals surface area contributed by atoms with Crippen LogP contribution in [0.3, 0.4) is 0 Å². The van der Waals surface area contributed by atoms with E-state index >= 15 is 0 Å². The lowest BCUT2D eigenvalue weighted by Crippen LogP contribution is -2.53. The third kappa shape index (κ3) is 6.06. The minimum Gasteiger partial charge on any atom is -0.444 e. The van der Waals surface area contributed by atoms with Gasteiger partial charge in [0.25, 0.3) is 0 Å². The van der Waals surface area contributed by atoms with Crippen LogP contribution in [0.1, 0.15) is 44.5 Å². The van der Waals surface area contributed by atoms with E-state index in [2.05, 4.69) is 20.0 Å². The Morgan fingerprint density at radius 2 is 2.10 bits per heavy atom. The van der Waals surface area contributed by atoms with E-state index < -0.39 is 5.60 Å². The molecule has 0 unspecified atom stereocenters. The van der Waals surface area contributed by atoms with E-state index in [0.717, 1.165) is 11.4 Å². The second-order valence-electron chi connectivity index (χ2n) is 8.26. The van der Waals surface area contributed by atoms with Gasteiger partial charge in [-0.1, -0.05) is 11.6 Å². The average molecular weight is 452 g/mol. The molecule has 1 fully saturated rings. The number of hydrogen-bond donors (Lipinski definition) is 2. The normalized spacial score (nSPS) is 19.3. The van der Waals surface area contributed by atoms with Crippen LogP contribution < -0.4 is 10.6 Å². The molecular formula is C20H26ClN5O3S. The predicted molar refractivity (Wildman–Crippen MR) is 117 cm³/mol. The van der Waals surface area contributed by atoms with E-state index in [1.54, 1.807) is 17.2 Å². The summed E-state index contributed by atoms with van der Waals surface area (Å²) in [5, 5.41) is 7.05. The molecule has 3 heterocycles. The van der Waals surface area contributed by atoms with Crippen molar-refractivity contribution in [3.05, 3.63) is 40.8 Å². The Kier molecular flexibility index (Phi) is 6.82. The summed E-state index contributed by atoms with van der Waals surface area (Å²) >= 11 is 7.21. The number of anilines is 1. The monoisotopic (exact) mass is 451 g/mol. The molecule has 0 bridgehead atoms. The number of halogens is 1. The van der Waals surface area contributed by atoms with Crippen LogP contribution in [-0.4, -0.2) is 51.1 Å². The summed E-state index contributed by atoms with van der Waals surface area (Å²) in [5.74, 6) is -0.197. The highest BCUT2D eigenvalue weighted by Crippen LogP contribution is 2.28. The number of rotatable bonds is 3. The zero-order valence-corrected chi connectivity index (χ0v) is 19.0. The fourth-order valence-corrected chi connectivity index (χ4v) is 4.03. The highest BCUT2D eigenvalue weighted by Gasteiger charge is 2.36. The number of carbonyl (C=O) groups excluding carboxylic acids is 2. The largest absolute Gasteiger partial charge is 0.444 e. The predicted octanol–water partition coefficient (Wildman–Crippen LogP) is 4.41. The van der Waals surface area contributed by atoms with Crippen molar-refractivity contribution in [3.63, 3.8) is 0 Å². The molecule has 2 aromatic rings. The Labute approximate surface area is 185 Å². The lowest BCUT2D eigenvalue weighted by molar-refractivity contribution is 0.0178. The maximum Gasteiger partial charge on any atom is 0.410 e. The second kappa shape index (κ2) is 9.18. The zero-order valence-electron chi connectivity index (χ0n) is 17.4. The maximum absolute atomic E-state index is 12.6. The highest BCUT2D eigenvalue weighted by atomic mass is 35.5. The Hall–Kier alpha value is -2.39. The van der Waals surface area contributed by atoms with E-state index in [1.165, 1.54) is 11.5 Å². The summed E-state index contributed by atoms with van der Waals surface area (Å²) in [6.45, 7) is 8.24. The first-order chi connectivity index (χ1) is 14.1. The van der Waals surface area contributed by atoms with Crippen LogP contribution in [0.5, 0.6) is 0 Å². The fourth-order valence-electron chi connectivity index (χ4n) is 3.26. The molecule has 2 N–H and O–H groups in total. The van der Waals surface area contributed by atoms with Gasteiger partial charge in [0.15, 0.2) is 0 Å². The quantitative estimate of drug-likeness (QED) is 0.720. The summed E-state index contributed by atoms with van der Waals surface area (Å²) in [7, 11) is 0. The van der Waals surface area contributed by atoms with Gasteiger partial charge in [0.1, 0.15) is 10.6 Å². The van der Waals surface area contributed by atoms with Crippen molar-refractivity contribution in [2.75, 3.05) is 18.4 Å². The second-order valence-corrected chi connectivity index (χ2v) is 9.50. The van der Waals surface area contributed by atoms with Crippen molar-refractivity contribution < 1.29 is 14.3 Å². The molecule has 1 aliphatic rings. The number of pyridine rings is 1. The van der Waals surface area contributed by atoms with Gasteiger partial charge in [-0.3, -0.25) is 10.3 Å². The summed E-state index contributed by atoms with van der Waals surface area (Å²) in [5.41, 5.74) is 1.03. The van der Waals surface area contributed by atoms with Crippen LogP contribution >= 0.6 is 23.1 Å². The van der Waals surface area contributed by atoms with Gasteiger partial charge in [0.2, 0.25) is 0 Å². The number of aryl methyl sites for hydroxylation is 1. The Morgan fingerprint density at radius 3 is 2.70 bits per heavy atom. The summed E-state index contributed by atoms with van der Waals surface area (Å²) < 4.78 is 9.68. The first-order valence-electron chi connectivity index (χ1n) is 9.71. The van der Waals surface area contributed by atoms with Crippen LogP contribution in [0.4, 0.5) is 14.6 Å². The number of nitrogens with zero attached hydrogens (tertiary/aromatic N) is 3. The van der Waals surface area contributed by atoms with E-state index in [0.29, 0.717) is 29.5 Å². The molecule has 1 saturated heterocycles. The molecule has 0 radical (unpaired) electrons. The van der Waals surface area contributed by atoms with E-state index in [-0.39, 0.29) is 24.1 Å². The van der Waals surface area contributed by atoms with Crippen LogP contribution in [-0.2, 0) is 4.74 Å². The number of hydrogen-bond acceptors (Lipinski definition) is 6. The van der Waals surface area contributed by atoms with Gasteiger partial charge >= 0.3 is 12.1 Å². The minimum absolute atomic E-state index is 0.197. The molecule has 2 aromatic heterocycles. The minimum atomic E-state index is -0.576. The van der Waals surface area contributed by atoms with Crippen LogP contribution in [0, 0.1) is 6.92 Å². The molecule has 1 aliphatic heterocycles. The summed E-state index contributed by atoms with van der Waals surface area (Å²) in [4.78, 5) is 31.2. The first-order valence-corrected chi connectivity index (χ1v) is 10.9. The standard InChI is InChI=1S/C20H26ClN5O3S/c1-12-9-17(30-25-12)24-18(27)23-16-7-8-26(19(28)29-20(2,3)4)11-14(16)15-6-5-13(21)10-22-15/h5-6,9-10,14,16H,7-8,11H2,1-4H3,(H2,23,24,27)/t14-,16+/m0/s1. The van der Waals surface area contributed by atoms with Crippen LogP contribution in [0.15, 0.2) is 24.4 Å². The van der Waals surface area contributed by atoms with E-state index in [4.69, 9.17) is 16.3 Å². The fraction of sp³-hybridized carbons (Fsp3) is 0.500. The average Bonchev–Trinajstić information content (AvgIpc) is 3.06. The van der Waals surface area contributed by atoms with Gasteiger partial charge in [-0.15, -0.1) is 0 Å². The van der Waals surface area contributed by atoms with Crippen LogP contribution in [0.25, 0.3) is 0 Å².